The normalized spacial score (nSPS) is 17.2. The van der Waals surface area contributed by atoms with Crippen molar-refractivity contribution in [3.05, 3.63) is 32.5 Å². The number of fused-ring (bicyclic) bond motifs is 1. The van der Waals surface area contributed by atoms with Crippen LogP contribution < -0.4 is 11.1 Å². The molecule has 2 aromatic rings. The zero-order chi connectivity index (χ0) is 13.4. The number of carbonyl (C=O) groups is 1. The summed E-state index contributed by atoms with van der Waals surface area (Å²) < 4.78 is 0. The van der Waals surface area contributed by atoms with Crippen LogP contribution in [0.1, 0.15) is 31.5 Å². The Morgan fingerprint density at radius 3 is 2.95 bits per heavy atom. The maximum Gasteiger partial charge on any atom is 0.267 e. The lowest BCUT2D eigenvalue weighted by Gasteiger charge is -2.15. The molecule has 4 nitrogen and oxygen atoms in total. The van der Waals surface area contributed by atoms with Gasteiger partial charge in [-0.15, -0.1) is 35.1 Å². The average molecular weight is 330 g/mol. The number of hydrogen-bond acceptors (Lipinski definition) is 5. The van der Waals surface area contributed by atoms with Crippen LogP contribution in [0.5, 0.6) is 0 Å². The first-order valence-electron chi connectivity index (χ1n) is 6.24. The number of nitrogens with two attached hydrogens (primary N) is 1. The summed E-state index contributed by atoms with van der Waals surface area (Å²) in [6, 6.07) is 4.03. The van der Waals surface area contributed by atoms with Crippen molar-refractivity contribution in [2.45, 2.75) is 32.2 Å². The van der Waals surface area contributed by atoms with Crippen molar-refractivity contribution in [1.82, 2.24) is 4.98 Å². The van der Waals surface area contributed by atoms with Crippen molar-refractivity contribution in [1.29, 1.82) is 0 Å². The van der Waals surface area contributed by atoms with Gasteiger partial charge in [-0.2, -0.15) is 0 Å². The summed E-state index contributed by atoms with van der Waals surface area (Å²) in [5, 5.41) is 3.57. The summed E-state index contributed by atoms with van der Waals surface area (Å²) in [6.07, 6.45) is 2.77. The second-order valence-electron chi connectivity index (χ2n) is 4.76. The molecule has 2 aromatic heterocycles. The van der Waals surface area contributed by atoms with Gasteiger partial charge in [0.15, 0.2) is 5.13 Å². The van der Waals surface area contributed by atoms with Crippen LogP contribution in [0.25, 0.3) is 0 Å². The van der Waals surface area contributed by atoms with E-state index >= 15 is 0 Å². The summed E-state index contributed by atoms with van der Waals surface area (Å²) in [4.78, 5) is 19.6. The topological polar surface area (TPSA) is 68.0 Å². The number of aromatic nitrogens is 1. The van der Waals surface area contributed by atoms with E-state index in [9.17, 15) is 4.79 Å². The van der Waals surface area contributed by atoms with E-state index in [1.807, 2.05) is 19.1 Å². The Hall–Kier alpha value is -0.950. The first kappa shape index (κ1) is 15.4. The van der Waals surface area contributed by atoms with Gasteiger partial charge in [-0.3, -0.25) is 10.1 Å². The zero-order valence-electron chi connectivity index (χ0n) is 11.0. The van der Waals surface area contributed by atoms with Gasteiger partial charge in [0.25, 0.3) is 5.91 Å². The molecule has 1 aliphatic carbocycles. The van der Waals surface area contributed by atoms with Crippen molar-refractivity contribution < 1.29 is 4.79 Å². The van der Waals surface area contributed by atoms with E-state index in [0.29, 0.717) is 5.13 Å². The molecule has 0 bridgehead atoms. The average Bonchev–Trinajstić information content (AvgIpc) is 2.94. The van der Waals surface area contributed by atoms with Crippen molar-refractivity contribution in [3.8, 4) is 0 Å². The van der Waals surface area contributed by atoms with Crippen LogP contribution in [0.3, 0.4) is 0 Å². The first-order chi connectivity index (χ1) is 9.11. The molecule has 0 unspecified atom stereocenters. The number of nitrogens with zero attached hydrogens (tertiary/aromatic N) is 1. The van der Waals surface area contributed by atoms with Crippen LogP contribution in [-0.4, -0.2) is 16.9 Å². The molecule has 1 atom stereocenters. The largest absolute Gasteiger partial charge is 0.327 e. The third-order valence-electron chi connectivity index (χ3n) is 3.16. The Morgan fingerprint density at radius 2 is 2.25 bits per heavy atom. The fourth-order valence-electron chi connectivity index (χ4n) is 2.17. The predicted molar refractivity (Wildman–Crippen MR) is 86.4 cm³/mol. The summed E-state index contributed by atoms with van der Waals surface area (Å²) in [5.74, 6) is -0.0755. The number of nitrogens with one attached hydrogen (secondary N) is 1. The molecular formula is C13H16ClN3OS2. The number of thiophene rings is 1. The Labute approximate surface area is 131 Å². The maximum atomic E-state index is 12.0. The predicted octanol–water partition coefficient (Wildman–Crippen LogP) is 3.00. The van der Waals surface area contributed by atoms with E-state index in [4.69, 9.17) is 5.73 Å². The highest BCUT2D eigenvalue weighted by Gasteiger charge is 2.21. The van der Waals surface area contributed by atoms with E-state index in [2.05, 4.69) is 10.3 Å². The molecule has 2 heterocycles. The summed E-state index contributed by atoms with van der Waals surface area (Å²) in [6.45, 7) is 1.99. The molecule has 108 valence electrons. The smallest absolute Gasteiger partial charge is 0.267 e. The Bertz CT molecular complexity index is 623. The lowest BCUT2D eigenvalue weighted by molar-refractivity contribution is 0.103. The molecule has 1 aliphatic rings. The minimum absolute atomic E-state index is 0. The van der Waals surface area contributed by atoms with E-state index in [-0.39, 0.29) is 24.4 Å². The molecule has 0 saturated carbocycles. The van der Waals surface area contributed by atoms with Gasteiger partial charge in [-0.25, -0.2) is 4.98 Å². The van der Waals surface area contributed by atoms with Crippen molar-refractivity contribution in [3.63, 3.8) is 0 Å². The van der Waals surface area contributed by atoms with Crippen LogP contribution in [0.15, 0.2) is 12.1 Å². The number of rotatable bonds is 2. The Kier molecular flexibility index (Phi) is 4.80. The lowest BCUT2D eigenvalue weighted by Crippen LogP contribution is -2.26. The molecule has 7 heteroatoms. The lowest BCUT2D eigenvalue weighted by atomic mass is 9.99. The van der Waals surface area contributed by atoms with Crippen LogP contribution in [0.2, 0.25) is 0 Å². The van der Waals surface area contributed by atoms with Gasteiger partial charge in [0.1, 0.15) is 0 Å². The SMILES string of the molecule is Cc1ccc(C(=O)Nc2nc3c(s2)C[C@@H](N)CC3)s1.Cl. The molecule has 0 fully saturated rings. The third-order valence-corrected chi connectivity index (χ3v) is 5.20. The number of hydrogen-bond donors (Lipinski definition) is 2. The number of aryl methyl sites for hydroxylation is 2. The second-order valence-corrected chi connectivity index (χ2v) is 7.13. The molecule has 0 saturated heterocycles. The molecular weight excluding hydrogens is 314 g/mol. The minimum Gasteiger partial charge on any atom is -0.327 e. The van der Waals surface area contributed by atoms with E-state index in [0.717, 1.165) is 34.7 Å². The highest BCUT2D eigenvalue weighted by Crippen LogP contribution is 2.29. The van der Waals surface area contributed by atoms with Gasteiger partial charge in [-0.1, -0.05) is 0 Å². The van der Waals surface area contributed by atoms with E-state index in [1.165, 1.54) is 16.2 Å². The van der Waals surface area contributed by atoms with Crippen molar-refractivity contribution >= 4 is 46.1 Å². The molecule has 0 aromatic carbocycles. The second kappa shape index (κ2) is 6.22. The molecule has 0 aliphatic heterocycles. The molecule has 3 N–H and O–H groups in total. The quantitative estimate of drug-likeness (QED) is 0.890. The van der Waals surface area contributed by atoms with Gasteiger partial charge in [0, 0.05) is 15.8 Å². The molecule has 0 spiro atoms. The van der Waals surface area contributed by atoms with Crippen LogP contribution in [0.4, 0.5) is 5.13 Å². The van der Waals surface area contributed by atoms with Gasteiger partial charge in [0.2, 0.25) is 0 Å². The monoisotopic (exact) mass is 329 g/mol. The molecule has 1 amide bonds. The summed E-state index contributed by atoms with van der Waals surface area (Å²) in [7, 11) is 0. The van der Waals surface area contributed by atoms with Gasteiger partial charge >= 0.3 is 0 Å². The first-order valence-corrected chi connectivity index (χ1v) is 7.87. The third kappa shape index (κ3) is 3.20. The highest BCUT2D eigenvalue weighted by molar-refractivity contribution is 7.16. The van der Waals surface area contributed by atoms with Crippen molar-refractivity contribution in [2.24, 2.45) is 5.73 Å². The summed E-state index contributed by atoms with van der Waals surface area (Å²) in [5.41, 5.74) is 7.05. The number of amides is 1. The van der Waals surface area contributed by atoms with E-state index < -0.39 is 0 Å². The van der Waals surface area contributed by atoms with Gasteiger partial charge in [0.05, 0.1) is 10.6 Å². The van der Waals surface area contributed by atoms with Crippen molar-refractivity contribution in [2.75, 3.05) is 5.32 Å². The fourth-order valence-corrected chi connectivity index (χ4v) is 4.03. The minimum atomic E-state index is -0.0755. The fraction of sp³-hybridized carbons (Fsp3) is 0.385. The molecule has 20 heavy (non-hydrogen) atoms. The standard InChI is InChI=1S/C13H15N3OS2.ClH/c1-7-2-5-10(18-7)12(17)16-13-15-9-4-3-8(14)6-11(9)19-13;/h2,5,8H,3-4,6,14H2,1H3,(H,15,16,17);1H/t8-;/m0./s1. The number of thiazole rings is 1. The number of halogens is 1. The number of anilines is 1. The maximum absolute atomic E-state index is 12.0. The van der Waals surface area contributed by atoms with Crippen LogP contribution in [-0.2, 0) is 12.8 Å². The highest BCUT2D eigenvalue weighted by atomic mass is 35.5. The Morgan fingerprint density at radius 1 is 1.45 bits per heavy atom. The van der Waals surface area contributed by atoms with Gasteiger partial charge in [-0.05, 0) is 38.3 Å². The summed E-state index contributed by atoms with van der Waals surface area (Å²) >= 11 is 3.05. The van der Waals surface area contributed by atoms with E-state index in [1.54, 1.807) is 11.3 Å². The molecule has 3 rings (SSSR count). The molecule has 0 radical (unpaired) electrons. The Balaban J connectivity index is 0.00000147. The van der Waals surface area contributed by atoms with Crippen LogP contribution in [0, 0.1) is 6.92 Å². The van der Waals surface area contributed by atoms with Gasteiger partial charge < -0.3 is 5.73 Å². The number of carbonyl (C=O) groups excluding carboxylic acids is 1. The zero-order valence-corrected chi connectivity index (χ0v) is 13.5. The van der Waals surface area contributed by atoms with Crippen LogP contribution >= 0.6 is 35.1 Å².